The van der Waals surface area contributed by atoms with Crippen molar-refractivity contribution in [2.45, 2.75) is 25.0 Å². The molecule has 0 aromatic heterocycles. The SMILES string of the molecule is Fc1ccc(CN2C[C@@H]3C[C@H]2CN3)c(F)c1. The summed E-state index contributed by atoms with van der Waals surface area (Å²) in [7, 11) is 0. The van der Waals surface area contributed by atoms with Gasteiger partial charge in [0, 0.05) is 43.3 Å². The smallest absolute Gasteiger partial charge is 0.130 e. The van der Waals surface area contributed by atoms with E-state index in [9.17, 15) is 8.78 Å². The molecule has 86 valence electrons. The normalized spacial score (nSPS) is 28.9. The monoisotopic (exact) mass is 224 g/mol. The van der Waals surface area contributed by atoms with E-state index in [0.29, 0.717) is 24.2 Å². The second-order valence-corrected chi connectivity index (χ2v) is 4.66. The minimum atomic E-state index is -0.508. The van der Waals surface area contributed by atoms with Crippen molar-refractivity contribution in [3.63, 3.8) is 0 Å². The molecule has 1 aromatic carbocycles. The van der Waals surface area contributed by atoms with Crippen molar-refractivity contribution in [2.75, 3.05) is 13.1 Å². The van der Waals surface area contributed by atoms with Gasteiger partial charge in [0.2, 0.25) is 0 Å². The third-order valence-electron chi connectivity index (χ3n) is 3.56. The molecule has 4 heteroatoms. The summed E-state index contributed by atoms with van der Waals surface area (Å²) >= 11 is 0. The van der Waals surface area contributed by atoms with Crippen LogP contribution in [0.2, 0.25) is 0 Å². The molecule has 2 saturated heterocycles. The van der Waals surface area contributed by atoms with Gasteiger partial charge in [0.1, 0.15) is 11.6 Å². The van der Waals surface area contributed by atoms with Crippen LogP contribution in [0.5, 0.6) is 0 Å². The lowest BCUT2D eigenvalue weighted by molar-refractivity contribution is 0.215. The maximum atomic E-state index is 13.5. The van der Waals surface area contributed by atoms with Gasteiger partial charge in [-0.3, -0.25) is 4.90 Å². The maximum absolute atomic E-state index is 13.5. The molecule has 0 radical (unpaired) electrons. The fourth-order valence-corrected chi connectivity index (χ4v) is 2.71. The number of rotatable bonds is 2. The van der Waals surface area contributed by atoms with Gasteiger partial charge in [0.25, 0.3) is 0 Å². The average molecular weight is 224 g/mol. The topological polar surface area (TPSA) is 15.3 Å². The number of nitrogens with zero attached hydrogens (tertiary/aromatic N) is 1. The number of nitrogens with one attached hydrogen (secondary N) is 1. The fourth-order valence-electron chi connectivity index (χ4n) is 2.71. The summed E-state index contributed by atoms with van der Waals surface area (Å²) in [6.07, 6.45) is 1.16. The summed E-state index contributed by atoms with van der Waals surface area (Å²) in [5.41, 5.74) is 0.592. The Kier molecular flexibility index (Phi) is 2.41. The number of halogens is 2. The predicted octanol–water partition coefficient (Wildman–Crippen LogP) is 1.51. The van der Waals surface area contributed by atoms with Gasteiger partial charge < -0.3 is 5.32 Å². The Labute approximate surface area is 93.3 Å². The summed E-state index contributed by atoms with van der Waals surface area (Å²) in [6.45, 7) is 2.56. The van der Waals surface area contributed by atoms with Crippen LogP contribution in [0.1, 0.15) is 12.0 Å². The fraction of sp³-hybridized carbons (Fsp3) is 0.500. The molecule has 0 saturated carbocycles. The quantitative estimate of drug-likeness (QED) is 0.819. The van der Waals surface area contributed by atoms with Crippen molar-refractivity contribution < 1.29 is 8.78 Å². The standard InChI is InChI=1S/C12H14F2N2/c13-9-2-1-8(12(14)3-9)6-16-7-10-4-11(16)5-15-10/h1-3,10-11,15H,4-7H2/t10-,11-/m0/s1. The molecule has 1 aromatic rings. The highest BCUT2D eigenvalue weighted by Crippen LogP contribution is 2.25. The van der Waals surface area contributed by atoms with E-state index in [2.05, 4.69) is 10.2 Å². The molecule has 0 spiro atoms. The first-order valence-corrected chi connectivity index (χ1v) is 5.64. The minimum Gasteiger partial charge on any atom is -0.311 e. The van der Waals surface area contributed by atoms with Gasteiger partial charge in [-0.05, 0) is 12.5 Å². The molecule has 2 bridgehead atoms. The Morgan fingerprint density at radius 1 is 1.38 bits per heavy atom. The van der Waals surface area contributed by atoms with Gasteiger partial charge in [0.05, 0.1) is 0 Å². The van der Waals surface area contributed by atoms with Crippen molar-refractivity contribution in [1.29, 1.82) is 0 Å². The number of piperazine rings is 1. The first-order valence-electron chi connectivity index (χ1n) is 5.64. The van der Waals surface area contributed by atoms with Crippen LogP contribution >= 0.6 is 0 Å². The van der Waals surface area contributed by atoms with E-state index < -0.39 is 11.6 Å². The van der Waals surface area contributed by atoms with Gasteiger partial charge in [-0.1, -0.05) is 6.07 Å². The van der Waals surface area contributed by atoms with Crippen LogP contribution < -0.4 is 5.32 Å². The highest BCUT2D eigenvalue weighted by atomic mass is 19.1. The van der Waals surface area contributed by atoms with E-state index >= 15 is 0 Å². The lowest BCUT2D eigenvalue weighted by Gasteiger charge is -2.27. The molecule has 2 fully saturated rings. The van der Waals surface area contributed by atoms with Crippen molar-refractivity contribution in [2.24, 2.45) is 0 Å². The highest BCUT2D eigenvalue weighted by Gasteiger charge is 2.37. The molecule has 0 unspecified atom stereocenters. The zero-order chi connectivity index (χ0) is 11.1. The molecule has 2 heterocycles. The van der Waals surface area contributed by atoms with Gasteiger partial charge in [0.15, 0.2) is 0 Å². The van der Waals surface area contributed by atoms with Crippen LogP contribution in [0.4, 0.5) is 8.78 Å². The van der Waals surface area contributed by atoms with E-state index in [0.717, 1.165) is 25.6 Å². The van der Waals surface area contributed by atoms with Crippen LogP contribution in [-0.2, 0) is 6.54 Å². The molecule has 16 heavy (non-hydrogen) atoms. The predicted molar refractivity (Wildman–Crippen MR) is 57.0 cm³/mol. The van der Waals surface area contributed by atoms with Crippen molar-refractivity contribution in [3.05, 3.63) is 35.4 Å². The molecule has 2 nitrogen and oxygen atoms in total. The number of benzene rings is 1. The van der Waals surface area contributed by atoms with Crippen LogP contribution in [0.15, 0.2) is 18.2 Å². The molecular weight excluding hydrogens is 210 g/mol. The van der Waals surface area contributed by atoms with Crippen LogP contribution in [0, 0.1) is 11.6 Å². The van der Waals surface area contributed by atoms with Crippen LogP contribution in [0.25, 0.3) is 0 Å². The van der Waals surface area contributed by atoms with E-state index in [1.165, 1.54) is 6.07 Å². The zero-order valence-corrected chi connectivity index (χ0v) is 8.92. The summed E-state index contributed by atoms with van der Waals surface area (Å²) in [4.78, 5) is 2.28. The van der Waals surface area contributed by atoms with E-state index in [4.69, 9.17) is 0 Å². The third kappa shape index (κ3) is 1.72. The van der Waals surface area contributed by atoms with Gasteiger partial charge >= 0.3 is 0 Å². The first kappa shape index (κ1) is 10.2. The molecule has 0 aliphatic carbocycles. The van der Waals surface area contributed by atoms with E-state index in [1.54, 1.807) is 6.07 Å². The van der Waals surface area contributed by atoms with Crippen molar-refractivity contribution in [3.8, 4) is 0 Å². The summed E-state index contributed by atoms with van der Waals surface area (Å²) in [5.74, 6) is -0.943. The second kappa shape index (κ2) is 3.79. The maximum Gasteiger partial charge on any atom is 0.130 e. The highest BCUT2D eigenvalue weighted by molar-refractivity contribution is 5.19. The second-order valence-electron chi connectivity index (χ2n) is 4.66. The molecule has 2 atom stereocenters. The van der Waals surface area contributed by atoms with Crippen LogP contribution in [-0.4, -0.2) is 30.1 Å². The molecule has 2 aliphatic rings. The lowest BCUT2D eigenvalue weighted by atomic mass is 10.1. The van der Waals surface area contributed by atoms with Crippen LogP contribution in [0.3, 0.4) is 0 Å². The number of hydrogen-bond acceptors (Lipinski definition) is 2. The Balaban J connectivity index is 1.74. The summed E-state index contributed by atoms with van der Waals surface area (Å²) < 4.78 is 26.2. The molecule has 1 N–H and O–H groups in total. The molecule has 3 rings (SSSR count). The van der Waals surface area contributed by atoms with E-state index in [-0.39, 0.29) is 0 Å². The minimum absolute atomic E-state index is 0.435. The van der Waals surface area contributed by atoms with Gasteiger partial charge in [-0.25, -0.2) is 8.78 Å². The molecule has 2 aliphatic heterocycles. The largest absolute Gasteiger partial charge is 0.311 e. The average Bonchev–Trinajstić information content (AvgIpc) is 2.84. The van der Waals surface area contributed by atoms with Gasteiger partial charge in [-0.15, -0.1) is 0 Å². The first-order chi connectivity index (χ1) is 7.72. The molecule has 0 amide bonds. The molecular formula is C12H14F2N2. The number of hydrogen-bond donors (Lipinski definition) is 1. The van der Waals surface area contributed by atoms with Gasteiger partial charge in [-0.2, -0.15) is 0 Å². The third-order valence-corrected chi connectivity index (χ3v) is 3.56. The lowest BCUT2D eigenvalue weighted by Crippen LogP contribution is -2.43. The Bertz CT molecular complexity index is 408. The summed E-state index contributed by atoms with van der Waals surface area (Å²) in [5, 5.41) is 3.40. The van der Waals surface area contributed by atoms with Crippen molar-refractivity contribution >= 4 is 0 Å². The number of fused-ring (bicyclic) bond motifs is 2. The Morgan fingerprint density at radius 2 is 2.25 bits per heavy atom. The zero-order valence-electron chi connectivity index (χ0n) is 8.92. The van der Waals surface area contributed by atoms with Crippen molar-refractivity contribution in [1.82, 2.24) is 10.2 Å². The summed E-state index contributed by atoms with van der Waals surface area (Å²) in [6, 6.07) is 4.92. The number of likely N-dealkylation sites (tertiary alicyclic amines) is 1. The van der Waals surface area contributed by atoms with E-state index in [1.807, 2.05) is 0 Å². The Hall–Kier alpha value is -1.00. The Morgan fingerprint density at radius 3 is 2.88 bits per heavy atom.